The molecule has 0 amide bonds. The van der Waals surface area contributed by atoms with Crippen LogP contribution in [0.5, 0.6) is 5.75 Å². The smallest absolute Gasteiger partial charge is 0.132 e. The monoisotopic (exact) mass is 345 g/mol. The molecule has 24 heavy (non-hydrogen) atoms. The van der Waals surface area contributed by atoms with Gasteiger partial charge in [0.1, 0.15) is 11.6 Å². The van der Waals surface area contributed by atoms with Crippen LogP contribution >= 0.6 is 11.8 Å². The predicted molar refractivity (Wildman–Crippen MR) is 98.3 cm³/mol. The molecule has 0 radical (unpaired) electrons. The molecule has 2 aromatic rings. The second-order valence-electron chi connectivity index (χ2n) is 6.27. The van der Waals surface area contributed by atoms with Gasteiger partial charge in [0.2, 0.25) is 0 Å². The van der Waals surface area contributed by atoms with Gasteiger partial charge in [0.05, 0.1) is 7.11 Å². The summed E-state index contributed by atoms with van der Waals surface area (Å²) in [5.74, 6) is 0.795. The second kappa shape index (κ2) is 8.04. The first-order chi connectivity index (χ1) is 11.7. The first-order valence-corrected chi connectivity index (χ1v) is 9.61. The lowest BCUT2D eigenvalue weighted by atomic mass is 10.1. The van der Waals surface area contributed by atoms with Crippen molar-refractivity contribution in [2.24, 2.45) is 0 Å². The molecule has 0 N–H and O–H groups in total. The summed E-state index contributed by atoms with van der Waals surface area (Å²) in [7, 11) is 1.72. The summed E-state index contributed by atoms with van der Waals surface area (Å²) in [5, 5.41) is 0. The Balaban J connectivity index is 1.66. The van der Waals surface area contributed by atoms with Crippen LogP contribution in [0.15, 0.2) is 47.4 Å². The zero-order valence-electron chi connectivity index (χ0n) is 14.3. The summed E-state index contributed by atoms with van der Waals surface area (Å²) in [6, 6.07) is 14.1. The van der Waals surface area contributed by atoms with Crippen molar-refractivity contribution in [1.29, 1.82) is 0 Å². The molecule has 0 aromatic heterocycles. The summed E-state index contributed by atoms with van der Waals surface area (Å²) < 4.78 is 18.8. The maximum Gasteiger partial charge on any atom is 0.132 e. The molecule has 0 saturated heterocycles. The van der Waals surface area contributed by atoms with Gasteiger partial charge >= 0.3 is 0 Å². The molecular formula is C20H24FNOS. The van der Waals surface area contributed by atoms with Crippen LogP contribution in [0.2, 0.25) is 0 Å². The Morgan fingerprint density at radius 3 is 2.67 bits per heavy atom. The van der Waals surface area contributed by atoms with E-state index in [2.05, 4.69) is 29.4 Å². The van der Waals surface area contributed by atoms with E-state index in [4.69, 9.17) is 4.74 Å². The van der Waals surface area contributed by atoms with Crippen LogP contribution in [0.4, 0.5) is 4.39 Å². The third-order valence-electron chi connectivity index (χ3n) is 4.47. The molecule has 2 nitrogen and oxygen atoms in total. The first kappa shape index (κ1) is 17.3. The summed E-state index contributed by atoms with van der Waals surface area (Å²) in [4.78, 5) is 3.68. The maximum atomic E-state index is 13.3. The average molecular weight is 345 g/mol. The van der Waals surface area contributed by atoms with E-state index in [1.807, 2.05) is 6.07 Å². The van der Waals surface area contributed by atoms with Crippen LogP contribution in [0.1, 0.15) is 24.0 Å². The van der Waals surface area contributed by atoms with E-state index in [0.29, 0.717) is 6.04 Å². The fraction of sp³-hybridized carbons (Fsp3) is 0.400. The van der Waals surface area contributed by atoms with Gasteiger partial charge in [0.15, 0.2) is 0 Å². The highest BCUT2D eigenvalue weighted by Gasteiger charge is 2.28. The quantitative estimate of drug-likeness (QED) is 0.640. The lowest BCUT2D eigenvalue weighted by Crippen LogP contribution is -2.28. The molecule has 0 unspecified atom stereocenters. The lowest BCUT2D eigenvalue weighted by Gasteiger charge is -2.22. The minimum Gasteiger partial charge on any atom is -0.496 e. The average Bonchev–Trinajstić information content (AvgIpc) is 3.43. The van der Waals surface area contributed by atoms with Crippen LogP contribution in [-0.2, 0) is 13.0 Å². The minimum atomic E-state index is -0.150. The summed E-state index contributed by atoms with van der Waals surface area (Å²) in [5.41, 5.74) is 2.34. The van der Waals surface area contributed by atoms with Crippen LogP contribution < -0.4 is 4.74 Å². The van der Waals surface area contributed by atoms with E-state index in [1.165, 1.54) is 29.4 Å². The molecule has 0 aliphatic heterocycles. The van der Waals surface area contributed by atoms with Crippen molar-refractivity contribution < 1.29 is 9.13 Å². The molecule has 1 fully saturated rings. The van der Waals surface area contributed by atoms with Crippen molar-refractivity contribution >= 4 is 11.8 Å². The van der Waals surface area contributed by atoms with Crippen molar-refractivity contribution in [1.82, 2.24) is 4.90 Å². The normalized spacial score (nSPS) is 14.2. The van der Waals surface area contributed by atoms with Crippen LogP contribution in [0.3, 0.4) is 0 Å². The minimum absolute atomic E-state index is 0.150. The van der Waals surface area contributed by atoms with Gasteiger partial charge in [-0.2, -0.15) is 0 Å². The number of methoxy groups -OCH3 is 1. The van der Waals surface area contributed by atoms with Gasteiger partial charge in [0.25, 0.3) is 0 Å². The van der Waals surface area contributed by atoms with Gasteiger partial charge in [-0.25, -0.2) is 4.39 Å². The molecule has 1 aliphatic rings. The Kier molecular flexibility index (Phi) is 5.80. The van der Waals surface area contributed by atoms with Gasteiger partial charge in [-0.15, -0.1) is 11.8 Å². The molecule has 128 valence electrons. The van der Waals surface area contributed by atoms with E-state index in [1.54, 1.807) is 31.0 Å². The highest BCUT2D eigenvalue weighted by atomic mass is 32.2. The fourth-order valence-corrected chi connectivity index (χ4v) is 3.56. The Morgan fingerprint density at radius 1 is 1.17 bits per heavy atom. The zero-order valence-corrected chi connectivity index (χ0v) is 15.1. The first-order valence-electron chi connectivity index (χ1n) is 8.39. The van der Waals surface area contributed by atoms with Crippen molar-refractivity contribution in [3.63, 3.8) is 0 Å². The highest BCUT2D eigenvalue weighted by Crippen LogP contribution is 2.32. The molecule has 0 spiro atoms. The summed E-state index contributed by atoms with van der Waals surface area (Å²) >= 11 is 1.70. The standard InChI is InChI=1S/C20H24FNOS/c1-23-19-13-16(6-9-20(19)24-2)14-22(18-7-8-18)11-10-15-4-3-5-17(21)12-15/h3-6,9,12-13,18H,7-8,10-11,14H2,1-2H3. The maximum absolute atomic E-state index is 13.3. The van der Waals surface area contributed by atoms with E-state index >= 15 is 0 Å². The van der Waals surface area contributed by atoms with E-state index in [9.17, 15) is 4.39 Å². The number of benzene rings is 2. The molecule has 2 aromatic carbocycles. The largest absolute Gasteiger partial charge is 0.496 e. The highest BCUT2D eigenvalue weighted by molar-refractivity contribution is 7.98. The Hall–Kier alpha value is -1.52. The third kappa shape index (κ3) is 4.52. The molecular weight excluding hydrogens is 321 g/mol. The second-order valence-corrected chi connectivity index (χ2v) is 7.12. The topological polar surface area (TPSA) is 12.5 Å². The SMILES string of the molecule is COc1cc(CN(CCc2cccc(F)c2)C2CC2)ccc1SC. The van der Waals surface area contributed by atoms with Gasteiger partial charge in [-0.3, -0.25) is 4.90 Å². The van der Waals surface area contributed by atoms with Crippen molar-refractivity contribution in [2.75, 3.05) is 19.9 Å². The molecule has 0 bridgehead atoms. The number of nitrogens with zero attached hydrogens (tertiary/aromatic N) is 1. The summed E-state index contributed by atoms with van der Waals surface area (Å²) in [6.07, 6.45) is 5.48. The lowest BCUT2D eigenvalue weighted by molar-refractivity contribution is 0.257. The molecule has 3 rings (SSSR count). The van der Waals surface area contributed by atoms with Crippen molar-refractivity contribution in [3.8, 4) is 5.75 Å². The zero-order chi connectivity index (χ0) is 16.9. The van der Waals surface area contributed by atoms with Crippen LogP contribution in [-0.4, -0.2) is 30.9 Å². The van der Waals surface area contributed by atoms with Gasteiger partial charge in [-0.05, 0) is 60.9 Å². The van der Waals surface area contributed by atoms with E-state index in [0.717, 1.165) is 30.8 Å². The van der Waals surface area contributed by atoms with Gasteiger partial charge in [0, 0.05) is 24.0 Å². The van der Waals surface area contributed by atoms with E-state index in [-0.39, 0.29) is 5.82 Å². The molecule has 1 aliphatic carbocycles. The number of ether oxygens (including phenoxy) is 1. The third-order valence-corrected chi connectivity index (χ3v) is 5.25. The molecule has 4 heteroatoms. The fourth-order valence-electron chi connectivity index (χ4n) is 3.01. The Bertz CT molecular complexity index is 687. The molecule has 1 saturated carbocycles. The van der Waals surface area contributed by atoms with Crippen molar-refractivity contribution in [2.45, 2.75) is 36.7 Å². The Morgan fingerprint density at radius 2 is 2.00 bits per heavy atom. The number of hydrogen-bond acceptors (Lipinski definition) is 3. The van der Waals surface area contributed by atoms with Crippen LogP contribution in [0, 0.1) is 5.82 Å². The van der Waals surface area contributed by atoms with Gasteiger partial charge in [-0.1, -0.05) is 18.2 Å². The number of halogens is 1. The predicted octanol–water partition coefficient (Wildman–Crippen LogP) is 4.76. The number of rotatable bonds is 8. The molecule has 0 atom stereocenters. The van der Waals surface area contributed by atoms with Crippen molar-refractivity contribution in [3.05, 3.63) is 59.4 Å². The Labute approximate surface area is 148 Å². The van der Waals surface area contributed by atoms with Gasteiger partial charge < -0.3 is 4.74 Å². The number of hydrogen-bond donors (Lipinski definition) is 0. The van der Waals surface area contributed by atoms with Crippen LogP contribution in [0.25, 0.3) is 0 Å². The summed E-state index contributed by atoms with van der Waals surface area (Å²) in [6.45, 7) is 1.88. The van der Waals surface area contributed by atoms with E-state index < -0.39 is 0 Å². The molecule has 0 heterocycles. The number of thioether (sulfide) groups is 1.